The highest BCUT2D eigenvalue weighted by Crippen LogP contribution is 2.30. The van der Waals surface area contributed by atoms with E-state index in [4.69, 9.17) is 15.2 Å². The summed E-state index contributed by atoms with van der Waals surface area (Å²) in [7, 11) is 1.60. The summed E-state index contributed by atoms with van der Waals surface area (Å²) in [6.07, 6.45) is -0.358. The van der Waals surface area contributed by atoms with E-state index in [-0.39, 0.29) is 18.5 Å². The second-order valence-corrected chi connectivity index (χ2v) is 5.01. The molecule has 0 bridgehead atoms. The van der Waals surface area contributed by atoms with Crippen molar-refractivity contribution >= 4 is 15.9 Å². The Balaban J connectivity index is 2.26. The van der Waals surface area contributed by atoms with Gasteiger partial charge in [-0.25, -0.2) is 4.39 Å². The van der Waals surface area contributed by atoms with E-state index in [0.717, 1.165) is 5.56 Å². The molecule has 5 heteroatoms. The monoisotopic (exact) mass is 339 g/mol. The molecule has 0 radical (unpaired) electrons. The molecule has 2 rings (SSSR count). The summed E-state index contributed by atoms with van der Waals surface area (Å²) in [6.45, 7) is 0.287. The number of nitrogens with two attached hydrogens (primary N) is 1. The van der Waals surface area contributed by atoms with Crippen LogP contribution in [0.25, 0.3) is 0 Å². The highest BCUT2D eigenvalue weighted by Gasteiger charge is 2.16. The van der Waals surface area contributed by atoms with E-state index >= 15 is 0 Å². The molecule has 0 amide bonds. The molecule has 1 unspecified atom stereocenters. The Kier molecular flexibility index (Phi) is 4.98. The smallest absolute Gasteiger partial charge is 0.139 e. The number of ether oxygens (including phenoxy) is 2. The molecular weight excluding hydrogens is 325 g/mol. The van der Waals surface area contributed by atoms with Gasteiger partial charge < -0.3 is 15.2 Å². The van der Waals surface area contributed by atoms with Crippen LogP contribution in [0.4, 0.5) is 4.39 Å². The molecule has 0 aliphatic carbocycles. The molecule has 0 spiro atoms. The van der Waals surface area contributed by atoms with E-state index in [1.807, 2.05) is 24.3 Å². The van der Waals surface area contributed by atoms with Gasteiger partial charge in [0.25, 0.3) is 0 Å². The Labute approximate surface area is 125 Å². The maximum Gasteiger partial charge on any atom is 0.139 e. The van der Waals surface area contributed by atoms with Crippen molar-refractivity contribution in [3.63, 3.8) is 0 Å². The SMILES string of the molecule is COc1ccccc1C(CN)Oc1ccc(F)c(Br)c1. The summed E-state index contributed by atoms with van der Waals surface area (Å²) >= 11 is 3.13. The summed E-state index contributed by atoms with van der Waals surface area (Å²) < 4.78 is 24.7. The molecule has 0 aliphatic rings. The molecule has 0 aliphatic heterocycles. The topological polar surface area (TPSA) is 44.5 Å². The van der Waals surface area contributed by atoms with Crippen LogP contribution in [-0.4, -0.2) is 13.7 Å². The number of methoxy groups -OCH3 is 1. The molecule has 106 valence electrons. The molecule has 0 saturated carbocycles. The summed E-state index contributed by atoms with van der Waals surface area (Å²) in [6, 6.07) is 12.0. The molecule has 0 saturated heterocycles. The Morgan fingerprint density at radius 1 is 1.25 bits per heavy atom. The molecular formula is C15H15BrFNO2. The van der Waals surface area contributed by atoms with E-state index in [9.17, 15) is 4.39 Å². The van der Waals surface area contributed by atoms with E-state index in [0.29, 0.717) is 16.0 Å². The first-order valence-electron chi connectivity index (χ1n) is 6.10. The van der Waals surface area contributed by atoms with E-state index in [2.05, 4.69) is 15.9 Å². The first-order chi connectivity index (χ1) is 9.65. The van der Waals surface area contributed by atoms with E-state index < -0.39 is 0 Å². The largest absolute Gasteiger partial charge is 0.496 e. The van der Waals surface area contributed by atoms with Crippen molar-refractivity contribution in [2.75, 3.05) is 13.7 Å². The molecule has 20 heavy (non-hydrogen) atoms. The minimum atomic E-state index is -0.358. The van der Waals surface area contributed by atoms with Crippen LogP contribution in [0.5, 0.6) is 11.5 Å². The molecule has 0 heterocycles. The van der Waals surface area contributed by atoms with Gasteiger partial charge in [-0.05, 0) is 40.2 Å². The lowest BCUT2D eigenvalue weighted by molar-refractivity contribution is 0.208. The van der Waals surface area contributed by atoms with Crippen LogP contribution in [0.3, 0.4) is 0 Å². The summed E-state index contributed by atoms with van der Waals surface area (Å²) in [5.74, 6) is 0.919. The lowest BCUT2D eigenvalue weighted by Gasteiger charge is -2.20. The van der Waals surface area contributed by atoms with Gasteiger partial charge in [0, 0.05) is 12.1 Å². The highest BCUT2D eigenvalue weighted by molar-refractivity contribution is 9.10. The summed E-state index contributed by atoms with van der Waals surface area (Å²) in [5, 5.41) is 0. The van der Waals surface area contributed by atoms with Crippen molar-refractivity contribution < 1.29 is 13.9 Å². The van der Waals surface area contributed by atoms with Crippen LogP contribution in [0, 0.1) is 5.82 Å². The van der Waals surface area contributed by atoms with Gasteiger partial charge in [-0.15, -0.1) is 0 Å². The van der Waals surface area contributed by atoms with Gasteiger partial charge in [0.15, 0.2) is 0 Å². The minimum Gasteiger partial charge on any atom is -0.496 e. The van der Waals surface area contributed by atoms with Gasteiger partial charge in [-0.2, -0.15) is 0 Å². The van der Waals surface area contributed by atoms with Crippen molar-refractivity contribution in [1.82, 2.24) is 0 Å². The van der Waals surface area contributed by atoms with Crippen LogP contribution >= 0.6 is 15.9 Å². The third-order valence-corrected chi connectivity index (χ3v) is 3.48. The first kappa shape index (κ1) is 14.8. The zero-order valence-corrected chi connectivity index (χ0v) is 12.6. The first-order valence-corrected chi connectivity index (χ1v) is 6.89. The predicted octanol–water partition coefficient (Wildman–Crippen LogP) is 3.68. The predicted molar refractivity (Wildman–Crippen MR) is 79.5 cm³/mol. The average Bonchev–Trinajstić information content (AvgIpc) is 2.48. The fourth-order valence-electron chi connectivity index (χ4n) is 1.89. The van der Waals surface area contributed by atoms with Crippen LogP contribution in [0.1, 0.15) is 11.7 Å². The lowest BCUT2D eigenvalue weighted by atomic mass is 10.1. The van der Waals surface area contributed by atoms with Crippen molar-refractivity contribution in [3.8, 4) is 11.5 Å². The zero-order chi connectivity index (χ0) is 14.5. The lowest BCUT2D eigenvalue weighted by Crippen LogP contribution is -2.19. The third kappa shape index (κ3) is 3.29. The van der Waals surface area contributed by atoms with Crippen LogP contribution in [0.2, 0.25) is 0 Å². The van der Waals surface area contributed by atoms with Gasteiger partial charge in [0.2, 0.25) is 0 Å². The van der Waals surface area contributed by atoms with Crippen LogP contribution in [0.15, 0.2) is 46.9 Å². The summed E-state index contributed by atoms with van der Waals surface area (Å²) in [5.41, 5.74) is 6.64. The van der Waals surface area contributed by atoms with Gasteiger partial charge in [-0.3, -0.25) is 0 Å². The fourth-order valence-corrected chi connectivity index (χ4v) is 2.24. The third-order valence-electron chi connectivity index (χ3n) is 2.87. The van der Waals surface area contributed by atoms with Crippen LogP contribution in [-0.2, 0) is 0 Å². The Bertz CT molecular complexity index is 592. The quantitative estimate of drug-likeness (QED) is 0.903. The number of rotatable bonds is 5. The van der Waals surface area contributed by atoms with E-state index in [1.165, 1.54) is 6.07 Å². The number of halogens is 2. The second-order valence-electron chi connectivity index (χ2n) is 4.16. The number of para-hydroxylation sites is 1. The normalized spacial score (nSPS) is 12.0. The van der Waals surface area contributed by atoms with Crippen molar-refractivity contribution in [1.29, 1.82) is 0 Å². The number of hydrogen-bond acceptors (Lipinski definition) is 3. The molecule has 0 fully saturated rings. The van der Waals surface area contributed by atoms with Crippen LogP contribution < -0.4 is 15.2 Å². The van der Waals surface area contributed by atoms with Gasteiger partial charge in [-0.1, -0.05) is 18.2 Å². The Morgan fingerprint density at radius 2 is 2.00 bits per heavy atom. The molecule has 1 atom stereocenters. The van der Waals surface area contributed by atoms with Crippen molar-refractivity contribution in [3.05, 3.63) is 58.3 Å². The Morgan fingerprint density at radius 3 is 2.65 bits per heavy atom. The van der Waals surface area contributed by atoms with Crippen molar-refractivity contribution in [2.45, 2.75) is 6.10 Å². The minimum absolute atomic E-state index is 0.287. The van der Waals surface area contributed by atoms with Gasteiger partial charge in [0.1, 0.15) is 23.4 Å². The highest BCUT2D eigenvalue weighted by atomic mass is 79.9. The van der Waals surface area contributed by atoms with Gasteiger partial charge >= 0.3 is 0 Å². The fraction of sp³-hybridized carbons (Fsp3) is 0.200. The molecule has 2 N–H and O–H groups in total. The maximum absolute atomic E-state index is 13.2. The zero-order valence-electron chi connectivity index (χ0n) is 11.0. The molecule has 0 aromatic heterocycles. The Hall–Kier alpha value is -1.59. The maximum atomic E-state index is 13.2. The van der Waals surface area contributed by atoms with E-state index in [1.54, 1.807) is 19.2 Å². The average molecular weight is 340 g/mol. The number of benzene rings is 2. The molecule has 3 nitrogen and oxygen atoms in total. The molecule has 2 aromatic carbocycles. The summed E-state index contributed by atoms with van der Waals surface area (Å²) in [4.78, 5) is 0. The molecule has 2 aromatic rings. The van der Waals surface area contributed by atoms with Gasteiger partial charge in [0.05, 0.1) is 11.6 Å². The standard InChI is InChI=1S/C15H15BrFNO2/c1-19-14-5-3-2-4-11(14)15(9-18)20-10-6-7-13(17)12(16)8-10/h2-8,15H,9,18H2,1H3. The number of hydrogen-bond donors (Lipinski definition) is 1. The second kappa shape index (κ2) is 6.72. The van der Waals surface area contributed by atoms with Crippen molar-refractivity contribution in [2.24, 2.45) is 5.73 Å².